The first kappa shape index (κ1) is 15.2. The maximum Gasteiger partial charge on any atom is 0.333 e. The molecule has 0 aromatic rings. The van der Waals surface area contributed by atoms with Crippen LogP contribution in [0, 0.1) is 5.92 Å². The van der Waals surface area contributed by atoms with Crippen molar-refractivity contribution < 1.29 is 14.6 Å². The molecule has 0 amide bonds. The molecule has 0 aromatic carbocycles. The lowest BCUT2D eigenvalue weighted by atomic mass is 10.0. The van der Waals surface area contributed by atoms with E-state index < -0.39 is 0 Å². The summed E-state index contributed by atoms with van der Waals surface area (Å²) >= 11 is 0. The van der Waals surface area contributed by atoms with E-state index in [-0.39, 0.29) is 12.6 Å². The van der Waals surface area contributed by atoms with Crippen molar-refractivity contribution in [2.24, 2.45) is 5.92 Å². The van der Waals surface area contributed by atoms with E-state index in [1.54, 1.807) is 6.92 Å². The first-order valence-corrected chi connectivity index (χ1v) is 6.01. The summed E-state index contributed by atoms with van der Waals surface area (Å²) in [6.45, 7) is 8.03. The molecule has 0 bridgehead atoms. The van der Waals surface area contributed by atoms with Crippen LogP contribution in [0.2, 0.25) is 0 Å². The van der Waals surface area contributed by atoms with Crippen molar-refractivity contribution in [2.45, 2.75) is 46.0 Å². The van der Waals surface area contributed by atoms with Gasteiger partial charge in [-0.25, -0.2) is 4.79 Å². The molecule has 1 unspecified atom stereocenters. The Morgan fingerprint density at radius 2 is 1.94 bits per heavy atom. The Morgan fingerprint density at radius 3 is 2.50 bits per heavy atom. The molecule has 0 aromatic heterocycles. The van der Waals surface area contributed by atoms with Crippen molar-refractivity contribution in [3.8, 4) is 0 Å². The van der Waals surface area contributed by atoms with E-state index in [2.05, 4.69) is 13.5 Å². The predicted octanol–water partition coefficient (Wildman–Crippen LogP) is 2.68. The number of carbonyl (C=O) groups excluding carboxylic acids is 1. The van der Waals surface area contributed by atoms with Crippen molar-refractivity contribution >= 4 is 5.97 Å². The van der Waals surface area contributed by atoms with Crippen LogP contribution >= 0.6 is 0 Å². The first-order chi connectivity index (χ1) is 7.57. The van der Waals surface area contributed by atoms with Crippen LogP contribution in [0.5, 0.6) is 0 Å². The number of ether oxygens (including phenoxy) is 1. The van der Waals surface area contributed by atoms with Gasteiger partial charge in [-0.2, -0.15) is 0 Å². The Bertz CT molecular complexity index is 211. The zero-order valence-electron chi connectivity index (χ0n) is 10.5. The number of rotatable bonds is 9. The minimum Gasteiger partial charge on any atom is -0.462 e. The molecule has 16 heavy (non-hydrogen) atoms. The standard InChI is InChI=1S/C13H24O3/c1-11(2)13(15)16-10-12(3)8-6-4-5-7-9-14/h12,14H,1,4-10H2,2-3H3. The molecular weight excluding hydrogens is 204 g/mol. The molecule has 0 rings (SSSR count). The molecule has 3 nitrogen and oxygen atoms in total. The quantitative estimate of drug-likeness (QED) is 0.375. The zero-order valence-corrected chi connectivity index (χ0v) is 10.5. The van der Waals surface area contributed by atoms with E-state index in [0.717, 1.165) is 32.1 Å². The number of hydrogen-bond acceptors (Lipinski definition) is 3. The lowest BCUT2D eigenvalue weighted by Gasteiger charge is -2.11. The topological polar surface area (TPSA) is 46.5 Å². The van der Waals surface area contributed by atoms with Crippen molar-refractivity contribution in [1.82, 2.24) is 0 Å². The maximum absolute atomic E-state index is 11.1. The van der Waals surface area contributed by atoms with Gasteiger partial charge in [0, 0.05) is 12.2 Å². The molecule has 0 fully saturated rings. The lowest BCUT2D eigenvalue weighted by Crippen LogP contribution is -2.12. The number of unbranched alkanes of at least 4 members (excludes halogenated alkanes) is 3. The minimum atomic E-state index is -0.299. The van der Waals surface area contributed by atoms with Gasteiger partial charge >= 0.3 is 5.97 Å². The number of aliphatic hydroxyl groups is 1. The Kier molecular flexibility index (Phi) is 8.91. The highest BCUT2D eigenvalue weighted by atomic mass is 16.5. The van der Waals surface area contributed by atoms with E-state index in [0.29, 0.717) is 18.1 Å². The second kappa shape index (κ2) is 9.40. The van der Waals surface area contributed by atoms with Gasteiger partial charge in [-0.1, -0.05) is 32.8 Å². The molecular formula is C13H24O3. The molecule has 0 aliphatic rings. The van der Waals surface area contributed by atoms with Crippen molar-refractivity contribution in [3.63, 3.8) is 0 Å². The molecule has 0 spiro atoms. The maximum atomic E-state index is 11.1. The molecule has 1 atom stereocenters. The number of hydrogen-bond donors (Lipinski definition) is 1. The van der Waals surface area contributed by atoms with Crippen LogP contribution in [-0.4, -0.2) is 24.3 Å². The molecule has 94 valence electrons. The van der Waals surface area contributed by atoms with Gasteiger partial charge in [0.15, 0.2) is 0 Å². The minimum absolute atomic E-state index is 0.284. The van der Waals surface area contributed by atoms with Gasteiger partial charge in [-0.15, -0.1) is 0 Å². The van der Waals surface area contributed by atoms with E-state index in [4.69, 9.17) is 9.84 Å². The highest BCUT2D eigenvalue weighted by Gasteiger charge is 2.07. The van der Waals surface area contributed by atoms with Gasteiger partial charge < -0.3 is 9.84 Å². The summed E-state index contributed by atoms with van der Waals surface area (Å²) in [5.74, 6) is 0.101. The van der Waals surface area contributed by atoms with Crippen LogP contribution in [0.3, 0.4) is 0 Å². The summed E-state index contributed by atoms with van der Waals surface area (Å²) in [6.07, 6.45) is 5.30. The summed E-state index contributed by atoms with van der Waals surface area (Å²) in [6, 6.07) is 0. The van der Waals surface area contributed by atoms with Gasteiger partial charge in [0.1, 0.15) is 0 Å². The molecule has 3 heteroatoms. The molecule has 0 radical (unpaired) electrons. The second-order valence-corrected chi connectivity index (χ2v) is 4.41. The number of aliphatic hydroxyl groups excluding tert-OH is 1. The third-order valence-corrected chi connectivity index (χ3v) is 2.45. The lowest BCUT2D eigenvalue weighted by molar-refractivity contribution is -0.140. The largest absolute Gasteiger partial charge is 0.462 e. The Labute approximate surface area is 98.5 Å². The van der Waals surface area contributed by atoms with Crippen LogP contribution < -0.4 is 0 Å². The Hall–Kier alpha value is -0.830. The fourth-order valence-corrected chi connectivity index (χ4v) is 1.38. The third kappa shape index (κ3) is 8.48. The van der Waals surface area contributed by atoms with Crippen molar-refractivity contribution in [2.75, 3.05) is 13.2 Å². The molecule has 0 saturated heterocycles. The number of carbonyl (C=O) groups is 1. The van der Waals surface area contributed by atoms with Crippen LogP contribution in [-0.2, 0) is 9.53 Å². The summed E-state index contributed by atoms with van der Waals surface area (Å²) in [5, 5.41) is 8.61. The smallest absolute Gasteiger partial charge is 0.333 e. The molecule has 0 heterocycles. The fourth-order valence-electron chi connectivity index (χ4n) is 1.38. The SMILES string of the molecule is C=C(C)C(=O)OCC(C)CCCCCCO. The number of esters is 1. The van der Waals surface area contributed by atoms with Gasteiger partial charge in [-0.3, -0.25) is 0 Å². The highest BCUT2D eigenvalue weighted by molar-refractivity contribution is 5.86. The molecule has 0 saturated carbocycles. The third-order valence-electron chi connectivity index (χ3n) is 2.45. The normalized spacial score (nSPS) is 12.2. The van der Waals surface area contributed by atoms with Crippen LogP contribution in [0.4, 0.5) is 0 Å². The van der Waals surface area contributed by atoms with E-state index in [9.17, 15) is 4.79 Å². The summed E-state index contributed by atoms with van der Waals surface area (Å²) in [5.41, 5.74) is 0.454. The summed E-state index contributed by atoms with van der Waals surface area (Å²) < 4.78 is 5.06. The average molecular weight is 228 g/mol. The molecule has 0 aliphatic heterocycles. The average Bonchev–Trinajstić information content (AvgIpc) is 2.25. The van der Waals surface area contributed by atoms with Gasteiger partial charge in [-0.05, 0) is 25.7 Å². The monoisotopic (exact) mass is 228 g/mol. The van der Waals surface area contributed by atoms with Crippen LogP contribution in [0.25, 0.3) is 0 Å². The Morgan fingerprint density at radius 1 is 1.31 bits per heavy atom. The van der Waals surface area contributed by atoms with Crippen molar-refractivity contribution in [1.29, 1.82) is 0 Å². The van der Waals surface area contributed by atoms with E-state index in [1.165, 1.54) is 0 Å². The van der Waals surface area contributed by atoms with Crippen LogP contribution in [0.15, 0.2) is 12.2 Å². The van der Waals surface area contributed by atoms with Crippen molar-refractivity contribution in [3.05, 3.63) is 12.2 Å². The predicted molar refractivity (Wildman–Crippen MR) is 65.1 cm³/mol. The molecule has 0 aliphatic carbocycles. The van der Waals surface area contributed by atoms with Crippen LogP contribution in [0.1, 0.15) is 46.0 Å². The van der Waals surface area contributed by atoms with E-state index in [1.807, 2.05) is 0 Å². The zero-order chi connectivity index (χ0) is 12.4. The molecule has 1 N–H and O–H groups in total. The van der Waals surface area contributed by atoms with Gasteiger partial charge in [0.05, 0.1) is 6.61 Å². The highest BCUT2D eigenvalue weighted by Crippen LogP contribution is 2.11. The summed E-state index contributed by atoms with van der Waals surface area (Å²) in [4.78, 5) is 11.1. The summed E-state index contributed by atoms with van der Waals surface area (Å²) in [7, 11) is 0. The first-order valence-electron chi connectivity index (χ1n) is 6.01. The fraction of sp³-hybridized carbons (Fsp3) is 0.769. The second-order valence-electron chi connectivity index (χ2n) is 4.41. The van der Waals surface area contributed by atoms with Gasteiger partial charge in [0.2, 0.25) is 0 Å². The van der Waals surface area contributed by atoms with Gasteiger partial charge in [0.25, 0.3) is 0 Å². The van der Waals surface area contributed by atoms with E-state index >= 15 is 0 Å². The Balaban J connectivity index is 3.41.